The topological polar surface area (TPSA) is 72.8 Å². The number of para-hydroxylation sites is 1. The van der Waals surface area contributed by atoms with Crippen LogP contribution in [0.2, 0.25) is 0 Å². The minimum Gasteiger partial charge on any atom is -0.496 e. The molecule has 5 heteroatoms. The first-order chi connectivity index (χ1) is 10.1. The van der Waals surface area contributed by atoms with Gasteiger partial charge < -0.3 is 14.6 Å². The number of ether oxygens (including phenoxy) is 2. The third kappa shape index (κ3) is 3.07. The molecule has 1 atom stereocenters. The average Bonchev–Trinajstić information content (AvgIpc) is 2.49. The second kappa shape index (κ2) is 6.43. The fourth-order valence-electron chi connectivity index (χ4n) is 2.44. The Balaban J connectivity index is 2.17. The van der Waals surface area contributed by atoms with E-state index in [-0.39, 0.29) is 6.42 Å². The molecule has 1 unspecified atom stereocenters. The van der Waals surface area contributed by atoms with Crippen LogP contribution in [0.1, 0.15) is 24.8 Å². The zero-order chi connectivity index (χ0) is 15.3. The van der Waals surface area contributed by atoms with E-state index in [2.05, 4.69) is 0 Å². The van der Waals surface area contributed by atoms with E-state index in [1.165, 1.54) is 0 Å². The maximum absolute atomic E-state index is 11.9. The maximum atomic E-state index is 11.9. The number of cyclic esters (lactones) is 1. The molecular formula is C16H18O5. The standard InChI is InChI=1S/C16H18O5/c1-20-13-8-3-2-6-12(13)7-4-9-16(14(17)18)10-5-11-21-15(16)19/h2-4,6-8H,5,9-11H2,1H3,(H,17,18). The minimum absolute atomic E-state index is 0.110. The predicted octanol–water partition coefficient (Wildman–Crippen LogP) is 2.51. The van der Waals surface area contributed by atoms with Crippen LogP contribution in [-0.4, -0.2) is 30.8 Å². The van der Waals surface area contributed by atoms with Gasteiger partial charge in [0.25, 0.3) is 0 Å². The molecule has 0 amide bonds. The molecule has 1 N–H and O–H groups in total. The van der Waals surface area contributed by atoms with Gasteiger partial charge in [0.1, 0.15) is 5.75 Å². The Morgan fingerprint density at radius 1 is 1.48 bits per heavy atom. The van der Waals surface area contributed by atoms with Gasteiger partial charge in [-0.05, 0) is 25.3 Å². The van der Waals surface area contributed by atoms with Gasteiger partial charge in [0, 0.05) is 5.56 Å². The molecule has 21 heavy (non-hydrogen) atoms. The Hall–Kier alpha value is -2.30. The highest BCUT2D eigenvalue weighted by Gasteiger charge is 2.48. The fraction of sp³-hybridized carbons (Fsp3) is 0.375. The van der Waals surface area contributed by atoms with E-state index in [0.29, 0.717) is 25.2 Å². The Bertz CT molecular complexity index is 564. The van der Waals surface area contributed by atoms with Crippen molar-refractivity contribution >= 4 is 18.0 Å². The molecule has 0 aliphatic carbocycles. The molecule has 112 valence electrons. The van der Waals surface area contributed by atoms with Gasteiger partial charge in [0.05, 0.1) is 13.7 Å². The number of carboxylic acids is 1. The smallest absolute Gasteiger partial charge is 0.323 e. The van der Waals surface area contributed by atoms with Crippen molar-refractivity contribution in [2.24, 2.45) is 5.41 Å². The molecule has 1 fully saturated rings. The van der Waals surface area contributed by atoms with Crippen molar-refractivity contribution in [1.29, 1.82) is 0 Å². The third-order valence-corrected chi connectivity index (χ3v) is 3.68. The van der Waals surface area contributed by atoms with Gasteiger partial charge in [-0.2, -0.15) is 0 Å². The molecule has 0 aromatic heterocycles. The summed E-state index contributed by atoms with van der Waals surface area (Å²) in [5.41, 5.74) is -0.624. The Labute approximate surface area is 123 Å². The van der Waals surface area contributed by atoms with Crippen molar-refractivity contribution in [2.45, 2.75) is 19.3 Å². The van der Waals surface area contributed by atoms with Gasteiger partial charge in [0.2, 0.25) is 0 Å². The van der Waals surface area contributed by atoms with E-state index >= 15 is 0 Å². The highest BCUT2D eigenvalue weighted by molar-refractivity contribution is 5.99. The summed E-state index contributed by atoms with van der Waals surface area (Å²) in [5, 5.41) is 9.40. The monoisotopic (exact) mass is 290 g/mol. The molecule has 1 saturated heterocycles. The second-order valence-corrected chi connectivity index (χ2v) is 4.98. The van der Waals surface area contributed by atoms with Gasteiger partial charge in [-0.1, -0.05) is 30.4 Å². The summed E-state index contributed by atoms with van der Waals surface area (Å²) in [6, 6.07) is 7.40. The van der Waals surface area contributed by atoms with Crippen molar-refractivity contribution < 1.29 is 24.2 Å². The van der Waals surface area contributed by atoms with Crippen LogP contribution in [0.25, 0.3) is 6.08 Å². The van der Waals surface area contributed by atoms with Gasteiger partial charge in [-0.25, -0.2) is 0 Å². The highest BCUT2D eigenvalue weighted by atomic mass is 16.5. The third-order valence-electron chi connectivity index (χ3n) is 3.68. The van der Waals surface area contributed by atoms with Crippen LogP contribution in [0.15, 0.2) is 30.3 Å². The number of hydrogen-bond donors (Lipinski definition) is 1. The fourth-order valence-corrected chi connectivity index (χ4v) is 2.44. The molecule has 0 spiro atoms. The molecular weight excluding hydrogens is 272 g/mol. The molecule has 0 bridgehead atoms. The highest BCUT2D eigenvalue weighted by Crippen LogP contribution is 2.35. The summed E-state index contributed by atoms with van der Waals surface area (Å²) in [5.74, 6) is -1.08. The number of aliphatic carboxylic acids is 1. The first kappa shape index (κ1) is 15.1. The number of rotatable bonds is 5. The summed E-state index contributed by atoms with van der Waals surface area (Å²) in [6.45, 7) is 0.296. The molecule has 2 rings (SSSR count). The van der Waals surface area contributed by atoms with Crippen LogP contribution in [0.5, 0.6) is 5.75 Å². The van der Waals surface area contributed by atoms with Gasteiger partial charge in [-0.3, -0.25) is 9.59 Å². The zero-order valence-corrected chi connectivity index (χ0v) is 11.9. The number of carbonyl (C=O) groups is 2. The second-order valence-electron chi connectivity index (χ2n) is 4.98. The van der Waals surface area contributed by atoms with E-state index in [4.69, 9.17) is 9.47 Å². The summed E-state index contributed by atoms with van der Waals surface area (Å²) in [6.07, 6.45) is 4.45. The van der Waals surface area contributed by atoms with E-state index in [1.54, 1.807) is 19.3 Å². The molecule has 1 aliphatic rings. The number of hydrogen-bond acceptors (Lipinski definition) is 4. The summed E-state index contributed by atoms with van der Waals surface area (Å²) in [7, 11) is 1.57. The lowest BCUT2D eigenvalue weighted by Crippen LogP contribution is -2.43. The van der Waals surface area contributed by atoms with Crippen LogP contribution in [0, 0.1) is 5.41 Å². The molecule has 1 heterocycles. The number of methoxy groups -OCH3 is 1. The van der Waals surface area contributed by atoms with Crippen molar-refractivity contribution in [1.82, 2.24) is 0 Å². The number of carbonyl (C=O) groups excluding carboxylic acids is 1. The van der Waals surface area contributed by atoms with Crippen LogP contribution < -0.4 is 4.74 Å². The van der Waals surface area contributed by atoms with Gasteiger partial charge in [0.15, 0.2) is 5.41 Å². The van der Waals surface area contributed by atoms with Crippen molar-refractivity contribution in [3.8, 4) is 5.75 Å². The predicted molar refractivity (Wildman–Crippen MR) is 76.9 cm³/mol. The van der Waals surface area contributed by atoms with Crippen molar-refractivity contribution in [3.05, 3.63) is 35.9 Å². The van der Waals surface area contributed by atoms with Crippen molar-refractivity contribution in [2.75, 3.05) is 13.7 Å². The van der Waals surface area contributed by atoms with Crippen LogP contribution >= 0.6 is 0 Å². The normalized spacial score (nSPS) is 22.0. The average molecular weight is 290 g/mol. The van der Waals surface area contributed by atoms with E-state index < -0.39 is 17.4 Å². The molecule has 0 saturated carbocycles. The molecule has 5 nitrogen and oxygen atoms in total. The zero-order valence-electron chi connectivity index (χ0n) is 11.9. The van der Waals surface area contributed by atoms with E-state index in [1.807, 2.05) is 24.3 Å². The SMILES string of the molecule is COc1ccccc1C=CCC1(C(=O)O)CCCOC1=O. The first-order valence-corrected chi connectivity index (χ1v) is 6.80. The number of carboxylic acid groups (broad SMARTS) is 1. The number of esters is 1. The molecule has 1 aliphatic heterocycles. The number of allylic oxidation sites excluding steroid dienone is 1. The quantitative estimate of drug-likeness (QED) is 0.666. The van der Waals surface area contributed by atoms with Gasteiger partial charge in [-0.15, -0.1) is 0 Å². The van der Waals surface area contributed by atoms with Crippen LogP contribution in [-0.2, 0) is 14.3 Å². The first-order valence-electron chi connectivity index (χ1n) is 6.80. The maximum Gasteiger partial charge on any atom is 0.323 e. The number of benzene rings is 1. The minimum atomic E-state index is -1.46. The summed E-state index contributed by atoms with van der Waals surface area (Å²) < 4.78 is 10.1. The Morgan fingerprint density at radius 2 is 2.24 bits per heavy atom. The summed E-state index contributed by atoms with van der Waals surface area (Å²) >= 11 is 0. The lowest BCUT2D eigenvalue weighted by atomic mass is 9.78. The lowest BCUT2D eigenvalue weighted by Gasteiger charge is -2.29. The van der Waals surface area contributed by atoms with E-state index in [0.717, 1.165) is 5.56 Å². The Morgan fingerprint density at radius 3 is 2.90 bits per heavy atom. The summed E-state index contributed by atoms with van der Waals surface area (Å²) in [4.78, 5) is 23.4. The largest absolute Gasteiger partial charge is 0.496 e. The van der Waals surface area contributed by atoms with Crippen LogP contribution in [0.3, 0.4) is 0 Å². The molecule has 1 aromatic rings. The van der Waals surface area contributed by atoms with Gasteiger partial charge >= 0.3 is 11.9 Å². The molecule has 0 radical (unpaired) electrons. The lowest BCUT2D eigenvalue weighted by molar-refractivity contribution is -0.174. The Kier molecular flexibility index (Phi) is 4.62. The van der Waals surface area contributed by atoms with Crippen LogP contribution in [0.4, 0.5) is 0 Å². The van der Waals surface area contributed by atoms with Crippen molar-refractivity contribution in [3.63, 3.8) is 0 Å². The molecule has 1 aromatic carbocycles. The van der Waals surface area contributed by atoms with E-state index in [9.17, 15) is 14.7 Å².